The molecule has 0 amide bonds. The molecule has 0 unspecified atom stereocenters. The maximum Gasteiger partial charge on any atom is 0.0798 e. The Kier molecular flexibility index (Phi) is 4.04. The molecule has 1 heterocycles. The van der Waals surface area contributed by atoms with Crippen molar-refractivity contribution >= 4 is 23.1 Å². The summed E-state index contributed by atoms with van der Waals surface area (Å²) in [4.78, 5) is 1.15. The Hall–Kier alpha value is -0.770. The Morgan fingerprint density at radius 2 is 2.06 bits per heavy atom. The number of thiophene rings is 1. The van der Waals surface area contributed by atoms with Crippen molar-refractivity contribution in [3.8, 4) is 0 Å². The second-order valence-electron chi connectivity index (χ2n) is 3.50. The highest BCUT2D eigenvalue weighted by atomic mass is 32.2. The highest BCUT2D eigenvalue weighted by Gasteiger charge is 2.10. The monoisotopic (exact) mass is 250 g/mol. The molecule has 1 aromatic carbocycles. The molecule has 1 N–H and O–H groups in total. The van der Waals surface area contributed by atoms with Crippen molar-refractivity contribution in [1.82, 2.24) is 0 Å². The highest BCUT2D eigenvalue weighted by Crippen LogP contribution is 2.36. The average molecular weight is 250 g/mol. The maximum atomic E-state index is 9.93. The van der Waals surface area contributed by atoms with Crippen molar-refractivity contribution in [3.05, 3.63) is 47.3 Å². The van der Waals surface area contributed by atoms with E-state index in [0.29, 0.717) is 0 Å². The summed E-state index contributed by atoms with van der Waals surface area (Å²) < 4.78 is 1.26. The molecule has 2 rings (SSSR count). The molecule has 0 fully saturated rings. The van der Waals surface area contributed by atoms with Crippen LogP contribution in [0.15, 0.2) is 50.9 Å². The number of benzene rings is 1. The van der Waals surface area contributed by atoms with E-state index < -0.39 is 0 Å². The van der Waals surface area contributed by atoms with E-state index in [1.807, 2.05) is 31.2 Å². The van der Waals surface area contributed by atoms with Gasteiger partial charge in [0.15, 0.2) is 0 Å². The van der Waals surface area contributed by atoms with E-state index in [4.69, 9.17) is 0 Å². The van der Waals surface area contributed by atoms with Crippen LogP contribution in [-0.2, 0) is 0 Å². The van der Waals surface area contributed by atoms with Crippen LogP contribution in [0.2, 0.25) is 0 Å². The molecule has 0 aliphatic rings. The number of hydrogen-bond acceptors (Lipinski definition) is 3. The van der Waals surface area contributed by atoms with E-state index in [2.05, 4.69) is 17.5 Å². The summed E-state index contributed by atoms with van der Waals surface area (Å²) in [7, 11) is 0. The summed E-state index contributed by atoms with van der Waals surface area (Å²) in [6, 6.07) is 12.2. The summed E-state index contributed by atoms with van der Waals surface area (Å²) in [5.41, 5.74) is 1.03. The zero-order chi connectivity index (χ0) is 11.4. The lowest BCUT2D eigenvalue weighted by molar-refractivity contribution is 0.171. The molecule has 1 aromatic heterocycles. The molecule has 16 heavy (non-hydrogen) atoms. The van der Waals surface area contributed by atoms with Crippen LogP contribution in [0.25, 0.3) is 0 Å². The lowest BCUT2D eigenvalue weighted by Gasteiger charge is -2.12. The van der Waals surface area contributed by atoms with Gasteiger partial charge in [-0.05, 0) is 29.5 Å². The average Bonchev–Trinajstić information content (AvgIpc) is 2.82. The molecule has 3 heteroatoms. The Labute approximate surface area is 104 Å². The van der Waals surface area contributed by atoms with Crippen LogP contribution in [0.4, 0.5) is 0 Å². The zero-order valence-electron chi connectivity index (χ0n) is 9.09. The molecule has 0 saturated carbocycles. The van der Waals surface area contributed by atoms with Gasteiger partial charge in [0.2, 0.25) is 0 Å². The first kappa shape index (κ1) is 11.7. The van der Waals surface area contributed by atoms with Gasteiger partial charge >= 0.3 is 0 Å². The van der Waals surface area contributed by atoms with Gasteiger partial charge in [0.05, 0.1) is 10.3 Å². The topological polar surface area (TPSA) is 20.2 Å². The van der Waals surface area contributed by atoms with Crippen molar-refractivity contribution in [2.75, 3.05) is 0 Å². The van der Waals surface area contributed by atoms with Crippen LogP contribution in [0.1, 0.15) is 25.0 Å². The van der Waals surface area contributed by atoms with Gasteiger partial charge in [0.25, 0.3) is 0 Å². The summed E-state index contributed by atoms with van der Waals surface area (Å²) in [5, 5.41) is 12.0. The van der Waals surface area contributed by atoms with Gasteiger partial charge in [-0.3, -0.25) is 0 Å². The van der Waals surface area contributed by atoms with Crippen molar-refractivity contribution in [1.29, 1.82) is 0 Å². The molecular formula is C13H14OS2. The SMILES string of the molecule is CC[C@@H](O)c1ccccc1Sc1cccs1. The van der Waals surface area contributed by atoms with Gasteiger partial charge < -0.3 is 5.11 Å². The van der Waals surface area contributed by atoms with Crippen LogP contribution in [0.3, 0.4) is 0 Å². The van der Waals surface area contributed by atoms with Crippen LogP contribution in [-0.4, -0.2) is 5.11 Å². The quantitative estimate of drug-likeness (QED) is 0.871. The van der Waals surface area contributed by atoms with Gasteiger partial charge in [-0.25, -0.2) is 0 Å². The minimum absolute atomic E-state index is 0.358. The van der Waals surface area contributed by atoms with Gasteiger partial charge in [0, 0.05) is 4.90 Å². The smallest absolute Gasteiger partial charge is 0.0798 e. The standard InChI is InChI=1S/C13H14OS2/c1-2-11(14)10-6-3-4-7-12(10)16-13-8-5-9-15-13/h3-9,11,14H,2H2,1H3/t11-/m1/s1. The summed E-state index contributed by atoms with van der Waals surface area (Å²) in [6.45, 7) is 2.00. The van der Waals surface area contributed by atoms with Gasteiger partial charge in [-0.1, -0.05) is 43.0 Å². The van der Waals surface area contributed by atoms with Crippen LogP contribution in [0, 0.1) is 0 Å². The van der Waals surface area contributed by atoms with Crippen molar-refractivity contribution in [2.24, 2.45) is 0 Å². The van der Waals surface area contributed by atoms with Crippen LogP contribution in [0.5, 0.6) is 0 Å². The summed E-state index contributed by atoms with van der Waals surface area (Å²) in [5.74, 6) is 0. The van der Waals surface area contributed by atoms with Crippen molar-refractivity contribution in [2.45, 2.75) is 28.6 Å². The molecule has 84 valence electrons. The molecule has 0 aliphatic carbocycles. The normalized spacial score (nSPS) is 12.6. The third-order valence-electron chi connectivity index (χ3n) is 2.37. The molecule has 0 spiro atoms. The fourth-order valence-corrected chi connectivity index (χ4v) is 3.41. The minimum atomic E-state index is -0.358. The fraction of sp³-hybridized carbons (Fsp3) is 0.231. The van der Waals surface area contributed by atoms with Crippen molar-refractivity contribution in [3.63, 3.8) is 0 Å². The fourth-order valence-electron chi connectivity index (χ4n) is 1.50. The lowest BCUT2D eigenvalue weighted by atomic mass is 10.1. The van der Waals surface area contributed by atoms with E-state index in [0.717, 1.165) is 16.9 Å². The molecule has 2 aromatic rings. The van der Waals surface area contributed by atoms with E-state index >= 15 is 0 Å². The van der Waals surface area contributed by atoms with E-state index in [-0.39, 0.29) is 6.10 Å². The first-order valence-corrected chi connectivity index (χ1v) is 6.99. The number of rotatable bonds is 4. The Morgan fingerprint density at radius 1 is 1.25 bits per heavy atom. The Bertz CT molecular complexity index is 437. The van der Waals surface area contributed by atoms with E-state index in [1.54, 1.807) is 23.1 Å². The molecule has 0 aliphatic heterocycles. The maximum absolute atomic E-state index is 9.93. The zero-order valence-corrected chi connectivity index (χ0v) is 10.7. The summed E-state index contributed by atoms with van der Waals surface area (Å²) >= 11 is 3.45. The first-order valence-electron chi connectivity index (χ1n) is 5.29. The second kappa shape index (κ2) is 5.53. The van der Waals surface area contributed by atoms with Gasteiger partial charge in [0.1, 0.15) is 0 Å². The van der Waals surface area contributed by atoms with Crippen LogP contribution < -0.4 is 0 Å². The van der Waals surface area contributed by atoms with Crippen LogP contribution >= 0.6 is 23.1 Å². The molecule has 0 bridgehead atoms. The summed E-state index contributed by atoms with van der Waals surface area (Å²) in [6.07, 6.45) is 0.394. The molecule has 1 nitrogen and oxygen atoms in total. The second-order valence-corrected chi connectivity index (χ2v) is 5.79. The van der Waals surface area contributed by atoms with Crippen molar-refractivity contribution < 1.29 is 5.11 Å². The van der Waals surface area contributed by atoms with Gasteiger partial charge in [-0.15, -0.1) is 11.3 Å². The molecule has 0 radical (unpaired) electrons. The highest BCUT2D eigenvalue weighted by molar-refractivity contribution is 8.01. The van der Waals surface area contributed by atoms with E-state index in [9.17, 15) is 5.11 Å². The molecule has 0 saturated heterocycles. The third kappa shape index (κ3) is 2.67. The number of aliphatic hydroxyl groups is 1. The van der Waals surface area contributed by atoms with E-state index in [1.165, 1.54) is 4.21 Å². The first-order chi connectivity index (χ1) is 7.81. The largest absolute Gasteiger partial charge is 0.388 e. The molecule has 1 atom stereocenters. The third-order valence-corrected chi connectivity index (χ3v) is 4.50. The Balaban J connectivity index is 2.26. The number of aliphatic hydroxyl groups excluding tert-OH is 1. The lowest BCUT2D eigenvalue weighted by Crippen LogP contribution is -1.96. The Morgan fingerprint density at radius 3 is 2.75 bits per heavy atom. The minimum Gasteiger partial charge on any atom is -0.388 e. The van der Waals surface area contributed by atoms with Gasteiger partial charge in [-0.2, -0.15) is 0 Å². The number of hydrogen-bond donors (Lipinski definition) is 1. The molecular weight excluding hydrogens is 236 g/mol. The predicted molar refractivity (Wildman–Crippen MR) is 70.1 cm³/mol. The predicted octanol–water partition coefficient (Wildman–Crippen LogP) is 4.34.